The number of carbonyl (C=O) groups is 1. The zero-order valence-corrected chi connectivity index (χ0v) is 9.54. The Morgan fingerprint density at radius 2 is 2.00 bits per heavy atom. The highest BCUT2D eigenvalue weighted by atomic mass is 16.6. The van der Waals surface area contributed by atoms with Gasteiger partial charge in [-0.15, -0.1) is 0 Å². The lowest BCUT2D eigenvalue weighted by Gasteiger charge is -2.09. The van der Waals surface area contributed by atoms with Crippen molar-refractivity contribution in [2.75, 3.05) is 19.8 Å². The summed E-state index contributed by atoms with van der Waals surface area (Å²) in [4.78, 5) is 10.9. The second kappa shape index (κ2) is 9.00. The number of rotatable bonds is 8. The Morgan fingerprint density at radius 1 is 1.29 bits per heavy atom. The van der Waals surface area contributed by atoms with Crippen LogP contribution in [-0.2, 0) is 14.3 Å². The molecular weight excluding hydrogens is 180 g/mol. The molecule has 0 aliphatic heterocycles. The largest absolute Gasteiger partial charge is 0.464 e. The van der Waals surface area contributed by atoms with E-state index in [0.29, 0.717) is 19.1 Å². The van der Waals surface area contributed by atoms with Gasteiger partial charge < -0.3 is 9.47 Å². The van der Waals surface area contributed by atoms with Crippen LogP contribution in [0.2, 0.25) is 0 Å². The van der Waals surface area contributed by atoms with Gasteiger partial charge >= 0.3 is 5.97 Å². The summed E-state index contributed by atoms with van der Waals surface area (Å²) in [7, 11) is 0. The maximum Gasteiger partial charge on any atom is 0.332 e. The first-order valence-electron chi connectivity index (χ1n) is 5.44. The number of esters is 1. The first-order chi connectivity index (χ1) is 6.70. The number of ether oxygens (including phenoxy) is 2. The first kappa shape index (κ1) is 13.4. The van der Waals surface area contributed by atoms with Crippen molar-refractivity contribution in [3.8, 4) is 0 Å². The molecular formula is C11H22O3. The Labute approximate surface area is 86.8 Å². The molecule has 0 aromatic rings. The third-order valence-electron chi connectivity index (χ3n) is 2.06. The van der Waals surface area contributed by atoms with Crippen molar-refractivity contribution in [1.82, 2.24) is 0 Å². The molecule has 0 aromatic carbocycles. The molecule has 84 valence electrons. The fraction of sp³-hybridized carbons (Fsp3) is 0.909. The molecule has 0 aliphatic rings. The Bertz CT molecular complexity index is 145. The average molecular weight is 202 g/mol. The van der Waals surface area contributed by atoms with E-state index in [-0.39, 0.29) is 12.6 Å². The minimum atomic E-state index is -0.268. The van der Waals surface area contributed by atoms with Crippen molar-refractivity contribution >= 4 is 5.97 Å². The Hall–Kier alpha value is -0.570. The molecule has 3 heteroatoms. The van der Waals surface area contributed by atoms with Gasteiger partial charge in [-0.25, -0.2) is 4.79 Å². The summed E-state index contributed by atoms with van der Waals surface area (Å²) in [6.07, 6.45) is 3.45. The molecule has 0 rings (SSSR count). The van der Waals surface area contributed by atoms with Crippen LogP contribution in [0, 0.1) is 5.92 Å². The minimum Gasteiger partial charge on any atom is -0.464 e. The van der Waals surface area contributed by atoms with Gasteiger partial charge in [-0.3, -0.25) is 0 Å². The lowest BCUT2D eigenvalue weighted by molar-refractivity contribution is -0.148. The quantitative estimate of drug-likeness (QED) is 0.448. The van der Waals surface area contributed by atoms with Crippen LogP contribution >= 0.6 is 0 Å². The van der Waals surface area contributed by atoms with Gasteiger partial charge in [-0.05, 0) is 19.3 Å². The number of hydrogen-bond donors (Lipinski definition) is 0. The summed E-state index contributed by atoms with van der Waals surface area (Å²) in [5.41, 5.74) is 0. The standard InChI is InChI=1S/C11H22O3/c1-4-6-10(3)7-8-13-9-11(12)14-5-2/h10H,4-9H2,1-3H3. The molecule has 3 nitrogen and oxygen atoms in total. The van der Waals surface area contributed by atoms with Crippen LogP contribution in [-0.4, -0.2) is 25.8 Å². The highest BCUT2D eigenvalue weighted by Gasteiger charge is 2.03. The van der Waals surface area contributed by atoms with Crippen molar-refractivity contribution in [1.29, 1.82) is 0 Å². The maximum atomic E-state index is 10.9. The lowest BCUT2D eigenvalue weighted by Crippen LogP contribution is -2.13. The molecule has 0 radical (unpaired) electrons. The highest BCUT2D eigenvalue weighted by molar-refractivity contribution is 5.70. The van der Waals surface area contributed by atoms with Crippen molar-refractivity contribution in [2.24, 2.45) is 5.92 Å². The molecule has 1 atom stereocenters. The van der Waals surface area contributed by atoms with Crippen molar-refractivity contribution in [3.05, 3.63) is 0 Å². The van der Waals surface area contributed by atoms with E-state index in [1.54, 1.807) is 6.92 Å². The molecule has 0 saturated heterocycles. The summed E-state index contributed by atoms with van der Waals surface area (Å²) < 4.78 is 9.92. The van der Waals surface area contributed by atoms with Gasteiger partial charge in [0.05, 0.1) is 6.61 Å². The summed E-state index contributed by atoms with van der Waals surface area (Å²) >= 11 is 0. The smallest absolute Gasteiger partial charge is 0.332 e. The first-order valence-corrected chi connectivity index (χ1v) is 5.44. The van der Waals surface area contributed by atoms with Crippen molar-refractivity contribution in [3.63, 3.8) is 0 Å². The van der Waals surface area contributed by atoms with Crippen LogP contribution in [0.4, 0.5) is 0 Å². The minimum absolute atomic E-state index is 0.0900. The predicted molar refractivity (Wildman–Crippen MR) is 56.1 cm³/mol. The summed E-state index contributed by atoms with van der Waals surface area (Å²) in [5, 5.41) is 0. The second-order valence-electron chi connectivity index (χ2n) is 3.54. The third-order valence-corrected chi connectivity index (χ3v) is 2.06. The zero-order valence-electron chi connectivity index (χ0n) is 9.54. The molecule has 0 heterocycles. The van der Waals surface area contributed by atoms with Crippen molar-refractivity contribution < 1.29 is 14.3 Å². The van der Waals surface area contributed by atoms with Crippen LogP contribution in [0.1, 0.15) is 40.0 Å². The van der Waals surface area contributed by atoms with Crippen LogP contribution in [0.25, 0.3) is 0 Å². The normalized spacial score (nSPS) is 12.5. The van der Waals surface area contributed by atoms with Gasteiger partial charge in [0, 0.05) is 6.61 Å². The summed E-state index contributed by atoms with van der Waals surface area (Å²) in [6.45, 7) is 7.34. The predicted octanol–water partition coefficient (Wildman–Crippen LogP) is 2.39. The van der Waals surface area contributed by atoms with Gasteiger partial charge in [0.15, 0.2) is 0 Å². The van der Waals surface area contributed by atoms with Crippen LogP contribution in [0.15, 0.2) is 0 Å². The molecule has 1 unspecified atom stereocenters. The molecule has 0 saturated carbocycles. The van der Waals surface area contributed by atoms with Crippen LogP contribution < -0.4 is 0 Å². The monoisotopic (exact) mass is 202 g/mol. The van der Waals surface area contributed by atoms with E-state index in [1.807, 2.05) is 0 Å². The molecule has 0 spiro atoms. The SMILES string of the molecule is CCCC(C)CCOCC(=O)OCC. The molecule has 0 amide bonds. The van der Waals surface area contributed by atoms with E-state index in [9.17, 15) is 4.79 Å². The molecule has 14 heavy (non-hydrogen) atoms. The van der Waals surface area contributed by atoms with Crippen LogP contribution in [0.5, 0.6) is 0 Å². The van der Waals surface area contributed by atoms with E-state index >= 15 is 0 Å². The number of carbonyl (C=O) groups excluding carboxylic acids is 1. The average Bonchev–Trinajstić information content (AvgIpc) is 2.13. The third kappa shape index (κ3) is 8.05. The van der Waals surface area contributed by atoms with Gasteiger partial charge in [0.2, 0.25) is 0 Å². The van der Waals surface area contributed by atoms with Crippen molar-refractivity contribution in [2.45, 2.75) is 40.0 Å². The second-order valence-corrected chi connectivity index (χ2v) is 3.54. The lowest BCUT2D eigenvalue weighted by atomic mass is 10.0. The summed E-state index contributed by atoms with van der Waals surface area (Å²) in [5.74, 6) is 0.415. The Balaban J connectivity index is 3.24. The highest BCUT2D eigenvalue weighted by Crippen LogP contribution is 2.09. The maximum absolute atomic E-state index is 10.9. The molecule has 0 bridgehead atoms. The van der Waals surface area contributed by atoms with Gasteiger partial charge in [-0.2, -0.15) is 0 Å². The fourth-order valence-corrected chi connectivity index (χ4v) is 1.28. The molecule has 0 aliphatic carbocycles. The van der Waals surface area contributed by atoms with Gasteiger partial charge in [-0.1, -0.05) is 26.7 Å². The summed E-state index contributed by atoms with van der Waals surface area (Å²) in [6, 6.07) is 0. The van der Waals surface area contributed by atoms with Crippen LogP contribution in [0.3, 0.4) is 0 Å². The fourth-order valence-electron chi connectivity index (χ4n) is 1.28. The van der Waals surface area contributed by atoms with E-state index in [0.717, 1.165) is 6.42 Å². The Kier molecular flexibility index (Phi) is 8.64. The number of hydrogen-bond acceptors (Lipinski definition) is 3. The van der Waals surface area contributed by atoms with Gasteiger partial charge in [0.25, 0.3) is 0 Å². The molecule has 0 fully saturated rings. The molecule has 0 aromatic heterocycles. The van der Waals surface area contributed by atoms with E-state index in [4.69, 9.17) is 9.47 Å². The van der Waals surface area contributed by atoms with Gasteiger partial charge in [0.1, 0.15) is 6.61 Å². The Morgan fingerprint density at radius 3 is 2.57 bits per heavy atom. The molecule has 0 N–H and O–H groups in total. The van der Waals surface area contributed by atoms with E-state index < -0.39 is 0 Å². The van der Waals surface area contributed by atoms with E-state index in [1.165, 1.54) is 12.8 Å². The topological polar surface area (TPSA) is 35.5 Å². The van der Waals surface area contributed by atoms with E-state index in [2.05, 4.69) is 13.8 Å². The zero-order chi connectivity index (χ0) is 10.8.